The van der Waals surface area contributed by atoms with E-state index >= 15 is 0 Å². The molecule has 0 radical (unpaired) electrons. The summed E-state index contributed by atoms with van der Waals surface area (Å²) in [6.45, 7) is 3.95. The topological polar surface area (TPSA) is 75.5 Å². The van der Waals surface area contributed by atoms with Gasteiger partial charge in [0, 0.05) is 42.3 Å². The van der Waals surface area contributed by atoms with Crippen molar-refractivity contribution >= 4 is 27.5 Å². The Bertz CT molecular complexity index is 521. The maximum Gasteiger partial charge on any atom is 0.270 e. The molecule has 1 amide bonds. The Kier molecular flexibility index (Phi) is 4.16. The molecule has 1 aliphatic rings. The van der Waals surface area contributed by atoms with E-state index in [0.717, 1.165) is 6.54 Å². The number of nitrogens with zero attached hydrogens (tertiary/aromatic N) is 2. The summed E-state index contributed by atoms with van der Waals surface area (Å²) >= 11 is 3.28. The van der Waals surface area contributed by atoms with Crippen molar-refractivity contribution in [3.63, 3.8) is 0 Å². The first kappa shape index (κ1) is 14.0. The van der Waals surface area contributed by atoms with E-state index in [2.05, 4.69) is 21.2 Å². The molecule has 7 heteroatoms. The summed E-state index contributed by atoms with van der Waals surface area (Å²) in [6.07, 6.45) is 0. The van der Waals surface area contributed by atoms with Crippen molar-refractivity contribution in [2.45, 2.75) is 13.0 Å². The van der Waals surface area contributed by atoms with Gasteiger partial charge in [-0.3, -0.25) is 14.9 Å². The number of carbonyl (C=O) groups excluding carboxylic acids is 1. The molecular weight excluding hydrogens is 314 g/mol. The summed E-state index contributed by atoms with van der Waals surface area (Å²) < 4.78 is 0.578. The van der Waals surface area contributed by atoms with Crippen molar-refractivity contribution in [1.29, 1.82) is 0 Å². The highest BCUT2D eigenvalue weighted by Gasteiger charge is 2.24. The fourth-order valence-corrected chi connectivity index (χ4v) is 2.49. The lowest BCUT2D eigenvalue weighted by molar-refractivity contribution is -0.384. The van der Waals surface area contributed by atoms with Crippen molar-refractivity contribution in [1.82, 2.24) is 10.2 Å². The van der Waals surface area contributed by atoms with Gasteiger partial charge in [0.2, 0.25) is 0 Å². The molecule has 1 aromatic carbocycles. The number of non-ortho nitro benzene ring substituents is 1. The van der Waals surface area contributed by atoms with Crippen molar-refractivity contribution in [2.24, 2.45) is 0 Å². The first-order valence-corrected chi connectivity index (χ1v) is 6.75. The van der Waals surface area contributed by atoms with E-state index in [1.54, 1.807) is 4.90 Å². The third kappa shape index (κ3) is 3.10. The van der Waals surface area contributed by atoms with Gasteiger partial charge >= 0.3 is 0 Å². The van der Waals surface area contributed by atoms with Crippen molar-refractivity contribution in [3.8, 4) is 0 Å². The van der Waals surface area contributed by atoms with Crippen LogP contribution in [0.5, 0.6) is 0 Å². The lowest BCUT2D eigenvalue weighted by atomic mass is 10.1. The predicted molar refractivity (Wildman–Crippen MR) is 74.2 cm³/mol. The zero-order valence-electron chi connectivity index (χ0n) is 10.4. The Morgan fingerprint density at radius 1 is 1.58 bits per heavy atom. The second kappa shape index (κ2) is 5.66. The van der Waals surface area contributed by atoms with Crippen LogP contribution in [0.3, 0.4) is 0 Å². The van der Waals surface area contributed by atoms with Crippen LogP contribution in [-0.4, -0.2) is 41.4 Å². The van der Waals surface area contributed by atoms with Crippen LogP contribution in [0, 0.1) is 10.1 Å². The van der Waals surface area contributed by atoms with Crippen molar-refractivity contribution in [3.05, 3.63) is 38.3 Å². The van der Waals surface area contributed by atoms with Crippen LogP contribution in [0.4, 0.5) is 5.69 Å². The number of hydrogen-bond acceptors (Lipinski definition) is 4. The molecule has 1 atom stereocenters. The molecule has 0 unspecified atom stereocenters. The van der Waals surface area contributed by atoms with Gasteiger partial charge < -0.3 is 10.2 Å². The van der Waals surface area contributed by atoms with Crippen LogP contribution < -0.4 is 5.32 Å². The van der Waals surface area contributed by atoms with Crippen LogP contribution >= 0.6 is 15.9 Å². The highest BCUT2D eigenvalue weighted by Crippen LogP contribution is 2.24. The van der Waals surface area contributed by atoms with Crippen LogP contribution in [0.2, 0.25) is 0 Å². The average Bonchev–Trinajstić information content (AvgIpc) is 2.38. The summed E-state index contributed by atoms with van der Waals surface area (Å²) in [5.74, 6) is -0.177. The van der Waals surface area contributed by atoms with Gasteiger partial charge in [-0.2, -0.15) is 0 Å². The molecule has 1 fully saturated rings. The third-order valence-corrected chi connectivity index (χ3v) is 3.74. The van der Waals surface area contributed by atoms with Crippen LogP contribution in [0.1, 0.15) is 17.3 Å². The van der Waals surface area contributed by atoms with E-state index in [9.17, 15) is 14.9 Å². The summed E-state index contributed by atoms with van der Waals surface area (Å²) in [6, 6.07) is 4.47. The summed E-state index contributed by atoms with van der Waals surface area (Å²) in [4.78, 5) is 24.4. The van der Waals surface area contributed by atoms with Gasteiger partial charge in [-0.1, -0.05) is 0 Å². The molecule has 0 saturated carbocycles. The second-order valence-corrected chi connectivity index (χ2v) is 5.38. The number of rotatable bonds is 2. The number of amides is 1. The normalized spacial score (nSPS) is 19.3. The maximum atomic E-state index is 12.4. The van der Waals surface area contributed by atoms with Gasteiger partial charge in [-0.15, -0.1) is 0 Å². The number of nitrogens with one attached hydrogen (secondary N) is 1. The Balaban J connectivity index is 2.27. The van der Waals surface area contributed by atoms with Gasteiger partial charge in [0.05, 0.1) is 10.5 Å². The molecule has 0 aliphatic carbocycles. The highest BCUT2D eigenvalue weighted by atomic mass is 79.9. The van der Waals surface area contributed by atoms with Gasteiger partial charge in [0.1, 0.15) is 0 Å². The Morgan fingerprint density at radius 3 is 2.95 bits per heavy atom. The molecule has 1 aliphatic heterocycles. The molecule has 2 rings (SSSR count). The largest absolute Gasteiger partial charge is 0.336 e. The van der Waals surface area contributed by atoms with E-state index in [1.807, 2.05) is 6.92 Å². The Labute approximate surface area is 119 Å². The number of hydrogen-bond donors (Lipinski definition) is 1. The Hall–Kier alpha value is -1.47. The number of benzene rings is 1. The minimum absolute atomic E-state index is 0.0743. The molecule has 19 heavy (non-hydrogen) atoms. The monoisotopic (exact) mass is 327 g/mol. The predicted octanol–water partition coefficient (Wildman–Crippen LogP) is 1.79. The lowest BCUT2D eigenvalue weighted by Crippen LogP contribution is -2.51. The van der Waals surface area contributed by atoms with Crippen molar-refractivity contribution in [2.75, 3.05) is 19.6 Å². The molecule has 0 aromatic heterocycles. The van der Waals surface area contributed by atoms with E-state index in [4.69, 9.17) is 0 Å². The second-order valence-electron chi connectivity index (χ2n) is 4.53. The van der Waals surface area contributed by atoms with Crippen LogP contribution in [0.25, 0.3) is 0 Å². The fourth-order valence-electron chi connectivity index (χ4n) is 2.08. The molecule has 1 heterocycles. The number of carbonyl (C=O) groups is 1. The number of nitro groups is 1. The van der Waals surface area contributed by atoms with Gasteiger partial charge in [-0.05, 0) is 28.9 Å². The van der Waals surface area contributed by atoms with E-state index < -0.39 is 4.92 Å². The minimum Gasteiger partial charge on any atom is -0.336 e. The summed E-state index contributed by atoms with van der Waals surface area (Å²) in [5.41, 5.74) is 0.262. The minimum atomic E-state index is -0.496. The lowest BCUT2D eigenvalue weighted by Gasteiger charge is -2.32. The quantitative estimate of drug-likeness (QED) is 0.663. The molecule has 0 spiro atoms. The average molecular weight is 328 g/mol. The van der Waals surface area contributed by atoms with E-state index in [0.29, 0.717) is 23.1 Å². The molecule has 6 nitrogen and oxygen atoms in total. The molecule has 1 aromatic rings. The number of piperazine rings is 1. The van der Waals surface area contributed by atoms with Gasteiger partial charge in [0.15, 0.2) is 0 Å². The first-order valence-electron chi connectivity index (χ1n) is 5.95. The zero-order chi connectivity index (χ0) is 14.0. The summed E-state index contributed by atoms with van der Waals surface area (Å²) in [7, 11) is 0. The molecule has 1 N–H and O–H groups in total. The molecule has 102 valence electrons. The zero-order valence-corrected chi connectivity index (χ0v) is 12.0. The van der Waals surface area contributed by atoms with Crippen molar-refractivity contribution < 1.29 is 9.72 Å². The standard InChI is InChI=1S/C12H14BrN3O3/c1-8-7-15(5-4-14-8)12(17)10-6-9(16(18)19)2-3-11(10)13/h2-3,6,8,14H,4-5,7H2,1H3/t8-/m0/s1. The Morgan fingerprint density at radius 2 is 2.32 bits per heavy atom. The fraction of sp³-hybridized carbons (Fsp3) is 0.417. The SMILES string of the molecule is C[C@H]1CN(C(=O)c2cc([N+](=O)[O-])ccc2Br)CCN1. The highest BCUT2D eigenvalue weighted by molar-refractivity contribution is 9.10. The van der Waals surface area contributed by atoms with Gasteiger partial charge in [0.25, 0.3) is 11.6 Å². The van der Waals surface area contributed by atoms with Crippen LogP contribution in [-0.2, 0) is 0 Å². The van der Waals surface area contributed by atoms with Gasteiger partial charge in [-0.25, -0.2) is 0 Å². The smallest absolute Gasteiger partial charge is 0.270 e. The molecule has 0 bridgehead atoms. The molecule has 1 saturated heterocycles. The van der Waals surface area contributed by atoms with E-state index in [1.165, 1.54) is 18.2 Å². The van der Waals surface area contributed by atoms with Crippen LogP contribution in [0.15, 0.2) is 22.7 Å². The maximum absolute atomic E-state index is 12.4. The molecular formula is C12H14BrN3O3. The third-order valence-electron chi connectivity index (χ3n) is 3.05. The van der Waals surface area contributed by atoms with E-state index in [-0.39, 0.29) is 17.6 Å². The first-order chi connectivity index (χ1) is 8.99. The number of halogens is 1. The summed E-state index contributed by atoms with van der Waals surface area (Å²) in [5, 5.41) is 14.0. The number of nitro benzene ring substituents is 1.